The Kier molecular flexibility index (Phi) is 0.590. The predicted octanol–water partition coefficient (Wildman–Crippen LogP) is -0.976. The number of hydrogen-bond acceptors (Lipinski definition) is 3. The van der Waals surface area contributed by atoms with Gasteiger partial charge in [-0.3, -0.25) is 5.32 Å². The van der Waals surface area contributed by atoms with Crippen LogP contribution in [0.4, 0.5) is 4.79 Å². The molecule has 2 aliphatic heterocycles. The largest absolute Gasteiger partial charge is 0.428 e. The lowest BCUT2D eigenvalue weighted by Crippen LogP contribution is -2.58. The Balaban J connectivity index is 2.10. The molecule has 4 nitrogen and oxygen atoms in total. The third kappa shape index (κ3) is 0.355. The molecule has 4 heteroatoms. The number of amides is 1. The lowest BCUT2D eigenvalue weighted by molar-refractivity contribution is 0.0726. The Hall–Kier alpha value is -0.770. The van der Waals surface area contributed by atoms with Crippen molar-refractivity contribution < 1.29 is 9.53 Å². The molecule has 0 saturated carbocycles. The Morgan fingerprint density at radius 2 is 2.62 bits per heavy atom. The van der Waals surface area contributed by atoms with Gasteiger partial charge in [-0.25, -0.2) is 4.79 Å². The van der Waals surface area contributed by atoms with E-state index in [1.165, 1.54) is 0 Å². The van der Waals surface area contributed by atoms with Crippen LogP contribution in [-0.4, -0.2) is 24.9 Å². The van der Waals surface area contributed by atoms with Gasteiger partial charge in [-0.2, -0.15) is 0 Å². The summed E-state index contributed by atoms with van der Waals surface area (Å²) in [5, 5.41) is 5.56. The minimum Gasteiger partial charge on any atom is -0.428 e. The van der Waals surface area contributed by atoms with Gasteiger partial charge in [-0.05, 0) is 0 Å². The Bertz CT molecular complexity index is 122. The van der Waals surface area contributed by atoms with E-state index in [0.717, 1.165) is 6.54 Å². The summed E-state index contributed by atoms with van der Waals surface area (Å²) >= 11 is 0. The molecule has 0 aromatic heterocycles. The molecule has 44 valence electrons. The van der Waals surface area contributed by atoms with Crippen LogP contribution in [0.5, 0.6) is 0 Å². The summed E-state index contributed by atoms with van der Waals surface area (Å²) in [7, 11) is 0. The number of carbonyl (C=O) groups is 1. The average molecular weight is 114 g/mol. The van der Waals surface area contributed by atoms with Gasteiger partial charge in [0.15, 0.2) is 6.23 Å². The number of nitrogens with one attached hydrogen (secondary N) is 2. The quantitative estimate of drug-likeness (QED) is 0.425. The first-order valence-electron chi connectivity index (χ1n) is 2.57. The van der Waals surface area contributed by atoms with Crippen molar-refractivity contribution in [2.45, 2.75) is 12.3 Å². The van der Waals surface area contributed by atoms with Gasteiger partial charge in [0.2, 0.25) is 0 Å². The number of carbonyl (C=O) groups excluding carboxylic acids is 1. The molecule has 1 amide bonds. The predicted molar refractivity (Wildman–Crippen MR) is 25.2 cm³/mol. The van der Waals surface area contributed by atoms with Crippen LogP contribution in [0.3, 0.4) is 0 Å². The molecule has 2 unspecified atom stereocenters. The normalized spacial score (nSPS) is 41.8. The smallest absolute Gasteiger partial charge is 0.409 e. The van der Waals surface area contributed by atoms with Crippen LogP contribution in [0, 0.1) is 0 Å². The van der Waals surface area contributed by atoms with Crippen LogP contribution in [-0.2, 0) is 4.74 Å². The maximum Gasteiger partial charge on any atom is 0.409 e. The Morgan fingerprint density at radius 3 is 2.88 bits per heavy atom. The molecule has 2 N–H and O–H groups in total. The van der Waals surface area contributed by atoms with Gasteiger partial charge in [0.1, 0.15) is 0 Å². The molecular weight excluding hydrogens is 108 g/mol. The first kappa shape index (κ1) is 4.14. The summed E-state index contributed by atoms with van der Waals surface area (Å²) < 4.78 is 4.70. The first-order chi connectivity index (χ1) is 3.86. The Labute approximate surface area is 46.2 Å². The molecule has 0 bridgehead atoms. The topological polar surface area (TPSA) is 50.4 Å². The molecule has 2 heterocycles. The van der Waals surface area contributed by atoms with E-state index in [4.69, 9.17) is 4.74 Å². The fourth-order valence-corrected chi connectivity index (χ4v) is 0.883. The van der Waals surface area contributed by atoms with E-state index < -0.39 is 0 Å². The van der Waals surface area contributed by atoms with Gasteiger partial charge in [0.05, 0.1) is 6.04 Å². The van der Waals surface area contributed by atoms with E-state index in [9.17, 15) is 4.79 Å². The van der Waals surface area contributed by atoms with Gasteiger partial charge in [0.25, 0.3) is 0 Å². The molecule has 0 spiro atoms. The molecule has 2 rings (SSSR count). The van der Waals surface area contributed by atoms with Crippen molar-refractivity contribution in [1.82, 2.24) is 10.6 Å². The second kappa shape index (κ2) is 1.14. The van der Waals surface area contributed by atoms with E-state index >= 15 is 0 Å². The summed E-state index contributed by atoms with van der Waals surface area (Å²) in [5.41, 5.74) is 0. The van der Waals surface area contributed by atoms with Crippen LogP contribution in [0.25, 0.3) is 0 Å². The van der Waals surface area contributed by atoms with E-state index in [1.807, 2.05) is 0 Å². The van der Waals surface area contributed by atoms with E-state index in [2.05, 4.69) is 10.6 Å². The summed E-state index contributed by atoms with van der Waals surface area (Å²) in [6, 6.07) is 0.238. The molecule has 8 heavy (non-hydrogen) atoms. The molecule has 0 aliphatic carbocycles. The summed E-state index contributed by atoms with van der Waals surface area (Å²) in [6.07, 6.45) is -0.340. The minimum absolute atomic E-state index is 0.0394. The van der Waals surface area contributed by atoms with Crippen LogP contribution < -0.4 is 10.6 Å². The first-order valence-corrected chi connectivity index (χ1v) is 2.57. The average Bonchev–Trinajstić information content (AvgIpc) is 1.91. The van der Waals surface area contributed by atoms with Gasteiger partial charge < -0.3 is 10.1 Å². The Morgan fingerprint density at radius 1 is 1.75 bits per heavy atom. The van der Waals surface area contributed by atoms with Crippen molar-refractivity contribution >= 4 is 6.09 Å². The maximum atomic E-state index is 10.3. The van der Waals surface area contributed by atoms with Crippen LogP contribution in [0.2, 0.25) is 0 Å². The second-order valence-corrected chi connectivity index (χ2v) is 1.98. The number of rotatable bonds is 0. The minimum atomic E-state index is -0.301. The molecule has 2 aliphatic rings. The zero-order valence-electron chi connectivity index (χ0n) is 4.18. The molecule has 0 radical (unpaired) electrons. The third-order valence-electron chi connectivity index (χ3n) is 1.44. The van der Waals surface area contributed by atoms with Crippen molar-refractivity contribution in [3.63, 3.8) is 0 Å². The molecular formula is C4H6N2O2. The fraction of sp³-hybridized carbons (Fsp3) is 0.750. The molecule has 0 aromatic rings. The monoisotopic (exact) mass is 114 g/mol. The highest BCUT2D eigenvalue weighted by Crippen LogP contribution is 2.11. The van der Waals surface area contributed by atoms with Gasteiger partial charge in [-0.15, -0.1) is 0 Å². The second-order valence-electron chi connectivity index (χ2n) is 1.98. The highest BCUT2D eigenvalue weighted by molar-refractivity contribution is 5.70. The molecule has 2 saturated heterocycles. The van der Waals surface area contributed by atoms with Crippen molar-refractivity contribution in [3.05, 3.63) is 0 Å². The zero-order chi connectivity index (χ0) is 5.56. The van der Waals surface area contributed by atoms with Crippen molar-refractivity contribution in [3.8, 4) is 0 Å². The van der Waals surface area contributed by atoms with Gasteiger partial charge in [-0.1, -0.05) is 0 Å². The van der Waals surface area contributed by atoms with E-state index in [0.29, 0.717) is 0 Å². The zero-order valence-corrected chi connectivity index (χ0v) is 4.18. The number of fused-ring (bicyclic) bond motifs is 1. The van der Waals surface area contributed by atoms with E-state index in [-0.39, 0.29) is 18.4 Å². The third-order valence-corrected chi connectivity index (χ3v) is 1.44. The van der Waals surface area contributed by atoms with Crippen molar-refractivity contribution in [1.29, 1.82) is 0 Å². The molecule has 0 aromatic carbocycles. The van der Waals surface area contributed by atoms with Gasteiger partial charge in [0, 0.05) is 6.54 Å². The lowest BCUT2D eigenvalue weighted by Gasteiger charge is -2.27. The summed E-state index contributed by atoms with van der Waals surface area (Å²) in [5.74, 6) is 0. The van der Waals surface area contributed by atoms with Crippen molar-refractivity contribution in [2.75, 3.05) is 6.54 Å². The summed E-state index contributed by atoms with van der Waals surface area (Å²) in [4.78, 5) is 10.3. The highest BCUT2D eigenvalue weighted by atomic mass is 16.6. The summed E-state index contributed by atoms with van der Waals surface area (Å²) in [6.45, 7) is 0.844. The number of alkyl carbamates (subject to hydrolysis) is 1. The van der Waals surface area contributed by atoms with Gasteiger partial charge >= 0.3 is 6.09 Å². The lowest BCUT2D eigenvalue weighted by atomic mass is 10.1. The molecule has 2 atom stereocenters. The van der Waals surface area contributed by atoms with E-state index in [1.54, 1.807) is 0 Å². The number of ether oxygens (including phenoxy) is 1. The number of hydrogen-bond donors (Lipinski definition) is 2. The highest BCUT2D eigenvalue weighted by Gasteiger charge is 2.40. The fourth-order valence-electron chi connectivity index (χ4n) is 0.883. The SMILES string of the molecule is O=C1NC2CNC2O1. The molecule has 2 fully saturated rings. The van der Waals surface area contributed by atoms with Crippen LogP contribution >= 0.6 is 0 Å². The maximum absolute atomic E-state index is 10.3. The van der Waals surface area contributed by atoms with Crippen molar-refractivity contribution in [2.24, 2.45) is 0 Å². The standard InChI is InChI=1S/C4H6N2O2/c7-4-6-2-1-5-3(2)8-4/h2-3,5H,1H2,(H,6,7). The van der Waals surface area contributed by atoms with Crippen LogP contribution in [0.1, 0.15) is 0 Å². The van der Waals surface area contributed by atoms with Crippen LogP contribution in [0.15, 0.2) is 0 Å².